The van der Waals surface area contributed by atoms with Gasteiger partial charge in [-0.1, -0.05) is 80.4 Å². The van der Waals surface area contributed by atoms with Crippen LogP contribution in [0.25, 0.3) is 0 Å². The van der Waals surface area contributed by atoms with Gasteiger partial charge in [-0.25, -0.2) is 0 Å². The summed E-state index contributed by atoms with van der Waals surface area (Å²) in [6.07, 6.45) is 7.24. The Morgan fingerprint density at radius 1 is 0.857 bits per heavy atom. The molecule has 0 heterocycles. The van der Waals surface area contributed by atoms with Gasteiger partial charge in [0, 0.05) is 17.8 Å². The van der Waals surface area contributed by atoms with E-state index in [2.05, 4.69) is 104 Å². The fourth-order valence-electron chi connectivity index (χ4n) is 2.54. The summed E-state index contributed by atoms with van der Waals surface area (Å²) in [7, 11) is 0. The third-order valence-electron chi connectivity index (χ3n) is 3.45. The number of nitrogens with zero attached hydrogens (tertiary/aromatic N) is 1. The molecule has 0 aliphatic heterocycles. The quantitative estimate of drug-likeness (QED) is 0.437. The number of hydrogen-bond acceptors (Lipinski definition) is 1. The van der Waals surface area contributed by atoms with E-state index in [0.717, 1.165) is 17.8 Å². The van der Waals surface area contributed by atoms with Crippen LogP contribution in [-0.2, 0) is 0 Å². The molecule has 106 valence electrons. The van der Waals surface area contributed by atoms with Crippen LogP contribution in [0.15, 0.2) is 83.4 Å². The topological polar surface area (TPSA) is 3.24 Å². The molecule has 2 aromatic carbocycles. The molecule has 0 amide bonds. The maximum Gasteiger partial charge on any atom is 0.123 e. The summed E-state index contributed by atoms with van der Waals surface area (Å²) in [5, 5.41) is 0. The van der Waals surface area contributed by atoms with E-state index in [-0.39, 0.29) is 4.45 Å². The number of benzene rings is 2. The highest BCUT2D eigenvalue weighted by molar-refractivity contribution is 9.12. The van der Waals surface area contributed by atoms with E-state index in [9.17, 15) is 0 Å². The average Bonchev–Trinajstić information content (AvgIpc) is 2.49. The minimum Gasteiger partial charge on any atom is -0.322 e. The standard InChI is InChI=1S/C18H15Br2N/c19-15-8-7-13-18(20,14-15)21(16-9-3-1-4-10-16)17-11-5-2-6-12-17/h1-13H,14H2. The molecule has 2 aromatic rings. The third-order valence-corrected chi connectivity index (χ3v) is 4.89. The fourth-order valence-corrected chi connectivity index (χ4v) is 4.36. The lowest BCUT2D eigenvalue weighted by atomic mass is 10.0. The van der Waals surface area contributed by atoms with Gasteiger partial charge in [-0.15, -0.1) is 0 Å². The van der Waals surface area contributed by atoms with Crippen molar-refractivity contribution in [3.8, 4) is 0 Å². The van der Waals surface area contributed by atoms with Gasteiger partial charge in [0.1, 0.15) is 4.45 Å². The van der Waals surface area contributed by atoms with E-state index in [4.69, 9.17) is 0 Å². The van der Waals surface area contributed by atoms with Crippen LogP contribution in [0.2, 0.25) is 0 Å². The van der Waals surface area contributed by atoms with Crippen molar-refractivity contribution >= 4 is 43.2 Å². The second-order valence-corrected chi connectivity index (χ2v) is 7.37. The maximum atomic E-state index is 3.94. The van der Waals surface area contributed by atoms with Crippen LogP contribution >= 0.6 is 31.9 Å². The fraction of sp³-hybridized carbons (Fsp3) is 0.111. The van der Waals surface area contributed by atoms with Gasteiger partial charge in [0.2, 0.25) is 0 Å². The zero-order valence-electron chi connectivity index (χ0n) is 11.4. The SMILES string of the molecule is BrC1=CC=CC(Br)(N(c2ccccc2)c2ccccc2)C1. The van der Waals surface area contributed by atoms with Crippen molar-refractivity contribution in [2.75, 3.05) is 4.90 Å². The van der Waals surface area contributed by atoms with Crippen molar-refractivity contribution < 1.29 is 0 Å². The molecule has 0 bridgehead atoms. The lowest BCUT2D eigenvalue weighted by Gasteiger charge is -2.40. The first-order valence-corrected chi connectivity index (χ1v) is 8.41. The van der Waals surface area contributed by atoms with Crippen LogP contribution in [-0.4, -0.2) is 4.45 Å². The van der Waals surface area contributed by atoms with Gasteiger partial charge in [-0.2, -0.15) is 0 Å². The van der Waals surface area contributed by atoms with Crippen LogP contribution < -0.4 is 4.90 Å². The number of para-hydroxylation sites is 2. The van der Waals surface area contributed by atoms with Crippen LogP contribution in [0, 0.1) is 0 Å². The third kappa shape index (κ3) is 3.14. The zero-order chi connectivity index (χ0) is 14.7. The Hall–Kier alpha value is -1.32. The Labute approximate surface area is 142 Å². The highest BCUT2D eigenvalue weighted by Gasteiger charge is 2.34. The second-order valence-electron chi connectivity index (χ2n) is 4.97. The number of halogens is 2. The number of rotatable bonds is 3. The molecule has 3 heteroatoms. The Kier molecular flexibility index (Phi) is 4.32. The summed E-state index contributed by atoms with van der Waals surface area (Å²) < 4.78 is 0.905. The molecule has 1 atom stereocenters. The maximum absolute atomic E-state index is 3.94. The van der Waals surface area contributed by atoms with E-state index in [0.29, 0.717) is 0 Å². The normalized spacial score (nSPS) is 21.0. The van der Waals surface area contributed by atoms with E-state index in [1.54, 1.807) is 0 Å². The van der Waals surface area contributed by atoms with Crippen molar-refractivity contribution in [1.82, 2.24) is 0 Å². The van der Waals surface area contributed by atoms with E-state index in [1.165, 1.54) is 4.48 Å². The predicted molar refractivity (Wildman–Crippen MR) is 97.4 cm³/mol. The minimum absolute atomic E-state index is 0.275. The van der Waals surface area contributed by atoms with Gasteiger partial charge >= 0.3 is 0 Å². The summed E-state index contributed by atoms with van der Waals surface area (Å²) in [5.41, 5.74) is 2.32. The van der Waals surface area contributed by atoms with Crippen LogP contribution in [0.4, 0.5) is 11.4 Å². The molecule has 0 aromatic heterocycles. The van der Waals surface area contributed by atoms with Gasteiger partial charge in [-0.05, 0) is 34.8 Å². The van der Waals surface area contributed by atoms with Crippen molar-refractivity contribution in [3.05, 3.63) is 83.4 Å². The van der Waals surface area contributed by atoms with Crippen LogP contribution in [0.3, 0.4) is 0 Å². The Bertz CT molecular complexity index is 625. The largest absolute Gasteiger partial charge is 0.322 e. The number of allylic oxidation sites excluding steroid dienone is 2. The van der Waals surface area contributed by atoms with Crippen molar-refractivity contribution in [2.45, 2.75) is 10.9 Å². The molecule has 0 N–H and O–H groups in total. The van der Waals surface area contributed by atoms with Gasteiger partial charge in [0.25, 0.3) is 0 Å². The summed E-state index contributed by atoms with van der Waals surface area (Å²) in [5.74, 6) is 0. The Balaban J connectivity index is 2.10. The van der Waals surface area contributed by atoms with Crippen LogP contribution in [0.1, 0.15) is 6.42 Å². The van der Waals surface area contributed by atoms with E-state index >= 15 is 0 Å². The average molecular weight is 405 g/mol. The molecule has 0 radical (unpaired) electrons. The summed E-state index contributed by atoms with van der Waals surface area (Å²) in [6.45, 7) is 0. The van der Waals surface area contributed by atoms with Gasteiger partial charge < -0.3 is 4.90 Å². The molecule has 0 fully saturated rings. The summed E-state index contributed by atoms with van der Waals surface area (Å²) >= 11 is 7.57. The van der Waals surface area contributed by atoms with E-state index in [1.807, 2.05) is 12.1 Å². The molecular formula is C18H15Br2N. The predicted octanol–water partition coefficient (Wildman–Crippen LogP) is 6.15. The first kappa shape index (κ1) is 14.6. The highest BCUT2D eigenvalue weighted by Crippen LogP contribution is 2.44. The highest BCUT2D eigenvalue weighted by atomic mass is 79.9. The Morgan fingerprint density at radius 3 is 1.86 bits per heavy atom. The molecule has 21 heavy (non-hydrogen) atoms. The monoisotopic (exact) mass is 403 g/mol. The smallest absolute Gasteiger partial charge is 0.123 e. The van der Waals surface area contributed by atoms with Crippen molar-refractivity contribution in [2.24, 2.45) is 0 Å². The summed E-state index contributed by atoms with van der Waals surface area (Å²) in [6, 6.07) is 20.9. The second kappa shape index (κ2) is 6.20. The lowest BCUT2D eigenvalue weighted by molar-refractivity contribution is 0.734. The zero-order valence-corrected chi connectivity index (χ0v) is 14.6. The van der Waals surface area contributed by atoms with Crippen LogP contribution in [0.5, 0.6) is 0 Å². The molecule has 1 unspecified atom stereocenters. The molecular weight excluding hydrogens is 390 g/mol. The lowest BCUT2D eigenvalue weighted by Crippen LogP contribution is -2.39. The number of alkyl halides is 1. The number of anilines is 2. The van der Waals surface area contributed by atoms with Crippen molar-refractivity contribution in [3.63, 3.8) is 0 Å². The van der Waals surface area contributed by atoms with E-state index < -0.39 is 0 Å². The molecule has 0 spiro atoms. The van der Waals surface area contributed by atoms with Gasteiger partial charge in [0.15, 0.2) is 0 Å². The molecule has 3 rings (SSSR count). The number of hydrogen-bond donors (Lipinski definition) is 0. The van der Waals surface area contributed by atoms with Gasteiger partial charge in [-0.3, -0.25) is 0 Å². The molecule has 0 saturated carbocycles. The van der Waals surface area contributed by atoms with Crippen molar-refractivity contribution in [1.29, 1.82) is 0 Å². The minimum atomic E-state index is -0.275. The summed E-state index contributed by atoms with van der Waals surface area (Å²) in [4.78, 5) is 2.32. The molecule has 1 nitrogen and oxygen atoms in total. The molecule has 0 saturated heterocycles. The molecule has 1 aliphatic rings. The first-order chi connectivity index (χ1) is 10.2. The van der Waals surface area contributed by atoms with Gasteiger partial charge in [0.05, 0.1) is 0 Å². The molecule has 1 aliphatic carbocycles. The Morgan fingerprint density at radius 2 is 1.38 bits per heavy atom. The first-order valence-electron chi connectivity index (χ1n) is 6.82.